The summed E-state index contributed by atoms with van der Waals surface area (Å²) < 4.78 is 9.60. The largest absolute Gasteiger partial charge is 0.468 e. The smallest absolute Gasteiger partial charge is 0.323 e. The quantitative estimate of drug-likeness (QED) is 0.545. The zero-order valence-corrected chi connectivity index (χ0v) is 10.2. The van der Waals surface area contributed by atoms with Gasteiger partial charge in [0, 0.05) is 0 Å². The number of ether oxygens (including phenoxy) is 2. The van der Waals surface area contributed by atoms with Gasteiger partial charge in [0.2, 0.25) is 0 Å². The van der Waals surface area contributed by atoms with Crippen molar-refractivity contribution in [3.8, 4) is 0 Å². The van der Waals surface area contributed by atoms with Crippen LogP contribution in [0.4, 0.5) is 0 Å². The zero-order valence-electron chi connectivity index (χ0n) is 10.2. The average molecular weight is 228 g/mol. The van der Waals surface area contributed by atoms with Crippen molar-refractivity contribution in [1.82, 2.24) is 0 Å². The van der Waals surface area contributed by atoms with Crippen molar-refractivity contribution in [1.29, 1.82) is 0 Å². The third kappa shape index (κ3) is 1.93. The predicted molar refractivity (Wildman–Crippen MR) is 58.7 cm³/mol. The highest BCUT2D eigenvalue weighted by Gasteiger charge is 2.53. The van der Waals surface area contributed by atoms with Gasteiger partial charge in [-0.25, -0.2) is 0 Å². The monoisotopic (exact) mass is 228 g/mol. The molecule has 0 saturated heterocycles. The van der Waals surface area contributed by atoms with Crippen molar-refractivity contribution in [2.45, 2.75) is 39.0 Å². The molecule has 1 fully saturated rings. The summed E-state index contributed by atoms with van der Waals surface area (Å²) in [6, 6.07) is 0. The second kappa shape index (κ2) is 5.32. The van der Waals surface area contributed by atoms with E-state index in [2.05, 4.69) is 0 Å². The Labute approximate surface area is 96.3 Å². The van der Waals surface area contributed by atoms with Gasteiger partial charge in [-0.3, -0.25) is 9.59 Å². The molecule has 0 aromatic rings. The van der Waals surface area contributed by atoms with Crippen LogP contribution in [0, 0.1) is 11.3 Å². The minimum Gasteiger partial charge on any atom is -0.468 e. The maximum atomic E-state index is 11.9. The molecule has 1 aliphatic rings. The summed E-state index contributed by atoms with van der Waals surface area (Å²) in [7, 11) is 2.65. The van der Waals surface area contributed by atoms with Crippen LogP contribution in [0.3, 0.4) is 0 Å². The van der Waals surface area contributed by atoms with Gasteiger partial charge in [0.05, 0.1) is 14.2 Å². The number of hydrogen-bond acceptors (Lipinski definition) is 4. The van der Waals surface area contributed by atoms with Gasteiger partial charge in [-0.15, -0.1) is 0 Å². The standard InChI is InChI=1S/C12H20O4/c1-4-12(10(13)15-2,11(14)16-3)9-7-5-6-8-9/h9H,4-8H2,1-3H3. The molecule has 4 heteroatoms. The van der Waals surface area contributed by atoms with Crippen LogP contribution in [-0.2, 0) is 19.1 Å². The molecule has 0 radical (unpaired) electrons. The first-order valence-corrected chi connectivity index (χ1v) is 5.80. The van der Waals surface area contributed by atoms with E-state index in [0.29, 0.717) is 6.42 Å². The number of carbonyl (C=O) groups excluding carboxylic acids is 2. The van der Waals surface area contributed by atoms with E-state index in [1.54, 1.807) is 0 Å². The Hall–Kier alpha value is -1.06. The fourth-order valence-corrected chi connectivity index (χ4v) is 2.78. The molecule has 0 heterocycles. The normalized spacial score (nSPS) is 17.2. The highest BCUT2D eigenvalue weighted by atomic mass is 16.5. The van der Waals surface area contributed by atoms with E-state index in [-0.39, 0.29) is 5.92 Å². The van der Waals surface area contributed by atoms with Gasteiger partial charge in [-0.05, 0) is 25.2 Å². The number of rotatable bonds is 4. The van der Waals surface area contributed by atoms with E-state index in [1.807, 2.05) is 6.92 Å². The van der Waals surface area contributed by atoms with Gasteiger partial charge >= 0.3 is 11.9 Å². The molecular formula is C12H20O4. The fourth-order valence-electron chi connectivity index (χ4n) is 2.78. The van der Waals surface area contributed by atoms with Gasteiger partial charge in [0.1, 0.15) is 0 Å². The fraction of sp³-hybridized carbons (Fsp3) is 0.833. The van der Waals surface area contributed by atoms with Gasteiger partial charge < -0.3 is 9.47 Å². The Morgan fingerprint density at radius 3 is 1.88 bits per heavy atom. The molecule has 4 nitrogen and oxygen atoms in total. The lowest BCUT2D eigenvalue weighted by molar-refractivity contribution is -0.174. The molecule has 0 aliphatic heterocycles. The van der Waals surface area contributed by atoms with Gasteiger partial charge in [0.15, 0.2) is 5.41 Å². The predicted octanol–water partition coefficient (Wildman–Crippen LogP) is 1.92. The first kappa shape index (κ1) is 13.0. The molecule has 0 unspecified atom stereocenters. The third-order valence-electron chi connectivity index (χ3n) is 3.71. The third-order valence-corrected chi connectivity index (χ3v) is 3.71. The molecular weight excluding hydrogens is 208 g/mol. The highest BCUT2D eigenvalue weighted by molar-refractivity contribution is 6.00. The Morgan fingerprint density at radius 2 is 1.56 bits per heavy atom. The van der Waals surface area contributed by atoms with Gasteiger partial charge in [-0.1, -0.05) is 19.8 Å². The molecule has 0 N–H and O–H groups in total. The van der Waals surface area contributed by atoms with E-state index in [9.17, 15) is 9.59 Å². The Kier molecular flexibility index (Phi) is 4.33. The van der Waals surface area contributed by atoms with Crippen molar-refractivity contribution in [3.05, 3.63) is 0 Å². The Balaban J connectivity index is 3.05. The van der Waals surface area contributed by atoms with Crippen LogP contribution in [0.2, 0.25) is 0 Å². The number of hydrogen-bond donors (Lipinski definition) is 0. The van der Waals surface area contributed by atoms with E-state index in [1.165, 1.54) is 14.2 Å². The van der Waals surface area contributed by atoms with Gasteiger partial charge in [0.25, 0.3) is 0 Å². The number of methoxy groups -OCH3 is 2. The summed E-state index contributed by atoms with van der Waals surface area (Å²) in [5.74, 6) is -0.833. The first-order valence-electron chi connectivity index (χ1n) is 5.80. The van der Waals surface area contributed by atoms with Crippen molar-refractivity contribution in [2.75, 3.05) is 14.2 Å². The molecule has 0 aromatic carbocycles. The van der Waals surface area contributed by atoms with Crippen LogP contribution in [0.1, 0.15) is 39.0 Å². The van der Waals surface area contributed by atoms with Crippen LogP contribution in [0.15, 0.2) is 0 Å². The van der Waals surface area contributed by atoms with Crippen LogP contribution >= 0.6 is 0 Å². The van der Waals surface area contributed by atoms with Crippen molar-refractivity contribution in [2.24, 2.45) is 11.3 Å². The number of esters is 2. The minimum atomic E-state index is -1.08. The second-order valence-corrected chi connectivity index (χ2v) is 4.29. The summed E-state index contributed by atoms with van der Waals surface area (Å²) in [4.78, 5) is 23.9. The maximum absolute atomic E-state index is 11.9. The van der Waals surface area contributed by atoms with Crippen LogP contribution in [-0.4, -0.2) is 26.2 Å². The zero-order chi connectivity index (χ0) is 12.2. The van der Waals surface area contributed by atoms with E-state index < -0.39 is 17.4 Å². The lowest BCUT2D eigenvalue weighted by Crippen LogP contribution is -2.46. The molecule has 1 rings (SSSR count). The van der Waals surface area contributed by atoms with E-state index in [4.69, 9.17) is 9.47 Å². The molecule has 1 aliphatic carbocycles. The molecule has 0 spiro atoms. The Morgan fingerprint density at radius 1 is 1.12 bits per heavy atom. The summed E-state index contributed by atoms with van der Waals surface area (Å²) in [5.41, 5.74) is -1.08. The van der Waals surface area contributed by atoms with Crippen LogP contribution in [0.5, 0.6) is 0 Å². The van der Waals surface area contributed by atoms with Crippen molar-refractivity contribution in [3.63, 3.8) is 0 Å². The minimum absolute atomic E-state index is 0.0670. The Bertz CT molecular complexity index is 250. The van der Waals surface area contributed by atoms with Crippen LogP contribution < -0.4 is 0 Å². The summed E-state index contributed by atoms with van der Waals surface area (Å²) in [6.45, 7) is 1.84. The van der Waals surface area contributed by atoms with E-state index >= 15 is 0 Å². The van der Waals surface area contributed by atoms with E-state index in [0.717, 1.165) is 25.7 Å². The maximum Gasteiger partial charge on any atom is 0.323 e. The average Bonchev–Trinajstić information content (AvgIpc) is 2.84. The first-order chi connectivity index (χ1) is 7.63. The van der Waals surface area contributed by atoms with Crippen molar-refractivity contribution < 1.29 is 19.1 Å². The summed E-state index contributed by atoms with van der Waals surface area (Å²) in [6.07, 6.45) is 4.38. The topological polar surface area (TPSA) is 52.6 Å². The van der Waals surface area contributed by atoms with Crippen molar-refractivity contribution >= 4 is 11.9 Å². The SMILES string of the molecule is CCC(C(=O)OC)(C(=O)OC)C1CCCC1. The summed E-state index contributed by atoms with van der Waals surface area (Å²) >= 11 is 0. The highest BCUT2D eigenvalue weighted by Crippen LogP contribution is 2.44. The molecule has 0 bridgehead atoms. The number of carbonyl (C=O) groups is 2. The molecule has 0 amide bonds. The summed E-state index contributed by atoms with van der Waals surface area (Å²) in [5, 5.41) is 0. The van der Waals surface area contributed by atoms with Crippen LogP contribution in [0.25, 0.3) is 0 Å². The molecule has 0 atom stereocenters. The second-order valence-electron chi connectivity index (χ2n) is 4.29. The lowest BCUT2D eigenvalue weighted by Gasteiger charge is -2.32. The molecule has 16 heavy (non-hydrogen) atoms. The molecule has 0 aromatic heterocycles. The molecule has 92 valence electrons. The lowest BCUT2D eigenvalue weighted by atomic mass is 9.72. The van der Waals surface area contributed by atoms with Gasteiger partial charge in [-0.2, -0.15) is 0 Å². The molecule has 1 saturated carbocycles.